The van der Waals surface area contributed by atoms with Crippen LogP contribution in [0, 0.1) is 0 Å². The molecule has 0 radical (unpaired) electrons. The Hall–Kier alpha value is -2.88. The summed E-state index contributed by atoms with van der Waals surface area (Å²) in [6.45, 7) is 1.51. The first-order valence-electron chi connectivity index (χ1n) is 7.24. The van der Waals surface area contributed by atoms with Crippen LogP contribution >= 0.6 is 0 Å². The van der Waals surface area contributed by atoms with Gasteiger partial charge in [0.25, 0.3) is 0 Å². The van der Waals surface area contributed by atoms with Crippen LogP contribution in [-0.4, -0.2) is 30.6 Å². The molecule has 0 bridgehead atoms. The molecule has 0 N–H and O–H groups in total. The van der Waals surface area contributed by atoms with Crippen molar-refractivity contribution in [3.8, 4) is 11.5 Å². The van der Waals surface area contributed by atoms with Gasteiger partial charge in [0.2, 0.25) is 0 Å². The third-order valence-corrected chi connectivity index (χ3v) is 3.17. The van der Waals surface area contributed by atoms with Gasteiger partial charge in [-0.2, -0.15) is 0 Å². The Balaban J connectivity index is 2.23. The molecule has 23 heavy (non-hydrogen) atoms. The normalized spacial score (nSPS) is 10.6. The first kappa shape index (κ1) is 16.5. The fraction of sp³-hybridized carbons (Fsp3) is 0.158. The molecule has 0 unspecified atom stereocenters. The predicted molar refractivity (Wildman–Crippen MR) is 90.1 cm³/mol. The molecule has 4 nitrogen and oxygen atoms in total. The lowest BCUT2D eigenvalue weighted by atomic mass is 10.1. The van der Waals surface area contributed by atoms with E-state index in [1.54, 1.807) is 53.6 Å². The Morgan fingerprint density at radius 2 is 1.65 bits per heavy atom. The molecule has 0 saturated carbocycles. The largest absolute Gasteiger partial charge is 0.457 e. The van der Waals surface area contributed by atoms with Gasteiger partial charge in [-0.05, 0) is 43.3 Å². The molecule has 2 aromatic rings. The van der Waals surface area contributed by atoms with Crippen molar-refractivity contribution >= 4 is 11.6 Å². The molecule has 4 heteroatoms. The number of ketones is 2. The van der Waals surface area contributed by atoms with Crippen LogP contribution < -0.4 is 4.74 Å². The summed E-state index contributed by atoms with van der Waals surface area (Å²) in [6.07, 6.45) is 3.20. The minimum Gasteiger partial charge on any atom is -0.457 e. The smallest absolute Gasteiger partial charge is 0.191 e. The SMILES string of the molecule is CC(=O)c1ccc(Oc2ccccc2C(=O)/C=C/N(C)C)cc1. The van der Waals surface area contributed by atoms with Gasteiger partial charge < -0.3 is 9.64 Å². The predicted octanol–water partition coefficient (Wildman–Crippen LogP) is 3.94. The molecule has 0 aliphatic heterocycles. The molecule has 0 spiro atoms. The van der Waals surface area contributed by atoms with Crippen LogP contribution in [0.1, 0.15) is 27.6 Å². The highest BCUT2D eigenvalue weighted by molar-refractivity contribution is 6.06. The number of nitrogens with zero attached hydrogens (tertiary/aromatic N) is 1. The lowest BCUT2D eigenvalue weighted by Crippen LogP contribution is -2.04. The van der Waals surface area contributed by atoms with Crippen LogP contribution in [0.15, 0.2) is 60.8 Å². The van der Waals surface area contributed by atoms with E-state index < -0.39 is 0 Å². The number of Topliss-reactive ketones (excluding diaryl/α,β-unsaturated/α-hetero) is 1. The minimum atomic E-state index is -0.130. The third kappa shape index (κ3) is 4.54. The minimum absolute atomic E-state index is 0.000880. The number of para-hydroxylation sites is 1. The molecule has 0 aromatic heterocycles. The highest BCUT2D eigenvalue weighted by atomic mass is 16.5. The molecule has 2 rings (SSSR count). The fourth-order valence-electron chi connectivity index (χ4n) is 1.95. The number of carbonyl (C=O) groups is 2. The van der Waals surface area contributed by atoms with E-state index in [4.69, 9.17) is 4.74 Å². The Bertz CT molecular complexity index is 731. The van der Waals surface area contributed by atoms with E-state index in [1.807, 2.05) is 20.2 Å². The standard InChI is InChI=1S/C19H19NO3/c1-14(21)15-8-10-16(11-9-15)23-19-7-5-4-6-17(19)18(22)12-13-20(2)3/h4-13H,1-3H3/b13-12+. The summed E-state index contributed by atoms with van der Waals surface area (Å²) in [6, 6.07) is 13.9. The average Bonchev–Trinajstić information content (AvgIpc) is 2.53. The molecule has 0 atom stereocenters. The molecular formula is C19H19NO3. The van der Waals surface area contributed by atoms with E-state index in [0.717, 1.165) is 0 Å². The first-order chi connectivity index (χ1) is 11.0. The second-order valence-corrected chi connectivity index (χ2v) is 5.32. The zero-order valence-electron chi connectivity index (χ0n) is 13.4. The topological polar surface area (TPSA) is 46.6 Å². The van der Waals surface area contributed by atoms with Crippen molar-refractivity contribution in [3.63, 3.8) is 0 Å². The highest BCUT2D eigenvalue weighted by Gasteiger charge is 2.10. The van der Waals surface area contributed by atoms with Crippen LogP contribution in [-0.2, 0) is 0 Å². The third-order valence-electron chi connectivity index (χ3n) is 3.17. The van der Waals surface area contributed by atoms with Crippen molar-refractivity contribution in [1.82, 2.24) is 4.90 Å². The van der Waals surface area contributed by atoms with Gasteiger partial charge in [0.05, 0.1) is 5.56 Å². The molecule has 0 aliphatic carbocycles. The number of hydrogen-bond donors (Lipinski definition) is 0. The Labute approximate surface area is 136 Å². The maximum atomic E-state index is 12.3. The van der Waals surface area contributed by atoms with Crippen molar-refractivity contribution in [2.45, 2.75) is 6.92 Å². The number of carbonyl (C=O) groups excluding carboxylic acids is 2. The monoisotopic (exact) mass is 309 g/mol. The summed E-state index contributed by atoms with van der Waals surface area (Å²) >= 11 is 0. The van der Waals surface area contributed by atoms with E-state index in [-0.39, 0.29) is 11.6 Å². The summed E-state index contributed by atoms with van der Waals surface area (Å²) in [5, 5.41) is 0. The summed E-state index contributed by atoms with van der Waals surface area (Å²) in [7, 11) is 3.70. The lowest BCUT2D eigenvalue weighted by Gasteiger charge is -2.10. The van der Waals surface area contributed by atoms with Crippen LogP contribution in [0.3, 0.4) is 0 Å². The maximum absolute atomic E-state index is 12.3. The van der Waals surface area contributed by atoms with Gasteiger partial charge in [-0.15, -0.1) is 0 Å². The molecule has 2 aromatic carbocycles. The Morgan fingerprint density at radius 1 is 1.00 bits per heavy atom. The summed E-state index contributed by atoms with van der Waals surface area (Å²) in [4.78, 5) is 25.3. The van der Waals surface area contributed by atoms with Gasteiger partial charge in [-0.25, -0.2) is 0 Å². The van der Waals surface area contributed by atoms with Crippen molar-refractivity contribution in [2.75, 3.05) is 14.1 Å². The zero-order valence-corrected chi connectivity index (χ0v) is 13.4. The van der Waals surface area contributed by atoms with E-state index >= 15 is 0 Å². The molecule has 0 amide bonds. The van der Waals surface area contributed by atoms with E-state index in [1.165, 1.54) is 13.0 Å². The van der Waals surface area contributed by atoms with Crippen LogP contribution in [0.5, 0.6) is 11.5 Å². The molecule has 118 valence electrons. The Kier molecular flexibility index (Phi) is 5.31. The number of benzene rings is 2. The summed E-state index contributed by atoms with van der Waals surface area (Å²) < 4.78 is 5.79. The molecule has 0 saturated heterocycles. The second kappa shape index (κ2) is 7.40. The molecular weight excluding hydrogens is 290 g/mol. The van der Waals surface area contributed by atoms with Crippen LogP contribution in [0.2, 0.25) is 0 Å². The average molecular weight is 309 g/mol. The number of rotatable bonds is 6. The number of allylic oxidation sites excluding steroid dienone is 1. The van der Waals surface area contributed by atoms with E-state index in [2.05, 4.69) is 0 Å². The molecule has 0 fully saturated rings. The van der Waals surface area contributed by atoms with Gasteiger partial charge in [0.15, 0.2) is 11.6 Å². The van der Waals surface area contributed by atoms with Crippen LogP contribution in [0.25, 0.3) is 0 Å². The molecule has 0 aliphatic rings. The maximum Gasteiger partial charge on any atom is 0.191 e. The number of hydrogen-bond acceptors (Lipinski definition) is 4. The summed E-state index contributed by atoms with van der Waals surface area (Å²) in [5.41, 5.74) is 1.11. The van der Waals surface area contributed by atoms with Gasteiger partial charge >= 0.3 is 0 Å². The second-order valence-electron chi connectivity index (χ2n) is 5.32. The van der Waals surface area contributed by atoms with E-state index in [0.29, 0.717) is 22.6 Å². The van der Waals surface area contributed by atoms with Gasteiger partial charge in [-0.3, -0.25) is 9.59 Å². The fourth-order valence-corrected chi connectivity index (χ4v) is 1.95. The zero-order chi connectivity index (χ0) is 16.8. The summed E-state index contributed by atoms with van der Waals surface area (Å²) in [5.74, 6) is 0.930. The van der Waals surface area contributed by atoms with Crippen molar-refractivity contribution in [3.05, 3.63) is 71.9 Å². The highest BCUT2D eigenvalue weighted by Crippen LogP contribution is 2.26. The van der Waals surface area contributed by atoms with Crippen molar-refractivity contribution in [2.24, 2.45) is 0 Å². The van der Waals surface area contributed by atoms with Crippen LogP contribution in [0.4, 0.5) is 0 Å². The lowest BCUT2D eigenvalue weighted by molar-refractivity contribution is 0.101. The van der Waals surface area contributed by atoms with Crippen molar-refractivity contribution in [1.29, 1.82) is 0 Å². The van der Waals surface area contributed by atoms with Crippen molar-refractivity contribution < 1.29 is 14.3 Å². The van der Waals surface area contributed by atoms with Gasteiger partial charge in [0, 0.05) is 31.9 Å². The molecule has 0 heterocycles. The number of ether oxygens (including phenoxy) is 1. The quantitative estimate of drug-likeness (QED) is 0.599. The van der Waals surface area contributed by atoms with E-state index in [9.17, 15) is 9.59 Å². The Morgan fingerprint density at radius 3 is 2.26 bits per heavy atom. The van der Waals surface area contributed by atoms with Gasteiger partial charge in [0.1, 0.15) is 11.5 Å². The first-order valence-corrected chi connectivity index (χ1v) is 7.24. The van der Waals surface area contributed by atoms with Gasteiger partial charge in [-0.1, -0.05) is 12.1 Å².